The van der Waals surface area contributed by atoms with Crippen molar-refractivity contribution in [1.82, 2.24) is 9.62 Å². The van der Waals surface area contributed by atoms with Gasteiger partial charge in [-0.25, -0.2) is 12.7 Å². The number of sulfonamides is 1. The number of hydrogen-bond acceptors (Lipinski definition) is 3. The number of nitrogens with zero attached hydrogens (tertiary/aromatic N) is 1. The third-order valence-electron chi connectivity index (χ3n) is 6.49. The number of nitrogens with one attached hydrogen (secondary N) is 1. The Bertz CT molecular complexity index is 1010. The van der Waals surface area contributed by atoms with E-state index in [1.807, 2.05) is 37.3 Å². The van der Waals surface area contributed by atoms with Crippen molar-refractivity contribution in [3.63, 3.8) is 0 Å². The van der Waals surface area contributed by atoms with Gasteiger partial charge in [-0.05, 0) is 54.7 Å². The lowest BCUT2D eigenvalue weighted by Crippen LogP contribution is -2.46. The standard InChI is InChI=1S/C27H38N2O3S/c1-21(23-14-16-25(17-15-23)27(2,3)4)28-26(30)24-13-8-18-29(20-24)33(31,32)19-9-12-22-10-6-5-7-11-22/h5-7,10-11,14-17,21,24H,8-9,12-13,18-20H2,1-4H3,(H,28,30)/t21-,24-/m1/s1. The van der Waals surface area contributed by atoms with Crippen molar-refractivity contribution in [3.05, 3.63) is 71.3 Å². The molecule has 0 aliphatic carbocycles. The Morgan fingerprint density at radius 2 is 1.76 bits per heavy atom. The van der Waals surface area contributed by atoms with E-state index in [9.17, 15) is 13.2 Å². The molecule has 6 heteroatoms. The fourth-order valence-corrected chi connectivity index (χ4v) is 5.91. The van der Waals surface area contributed by atoms with Crippen molar-refractivity contribution < 1.29 is 13.2 Å². The predicted molar refractivity (Wildman–Crippen MR) is 135 cm³/mol. The van der Waals surface area contributed by atoms with Crippen LogP contribution in [-0.2, 0) is 26.7 Å². The molecular formula is C27H38N2O3S. The molecule has 0 aromatic heterocycles. The second-order valence-electron chi connectivity index (χ2n) is 10.2. The highest BCUT2D eigenvalue weighted by molar-refractivity contribution is 7.89. The molecule has 2 aromatic rings. The first-order valence-electron chi connectivity index (χ1n) is 12.0. The first kappa shape index (κ1) is 25.4. The lowest BCUT2D eigenvalue weighted by atomic mass is 9.86. The summed E-state index contributed by atoms with van der Waals surface area (Å²) in [6.07, 6.45) is 2.76. The van der Waals surface area contributed by atoms with Crippen LogP contribution in [0.2, 0.25) is 0 Å². The summed E-state index contributed by atoms with van der Waals surface area (Å²) in [5.41, 5.74) is 3.54. The molecule has 1 saturated heterocycles. The number of hydrogen-bond donors (Lipinski definition) is 1. The largest absolute Gasteiger partial charge is 0.349 e. The maximum atomic E-state index is 12.9. The van der Waals surface area contributed by atoms with Gasteiger partial charge in [-0.3, -0.25) is 4.79 Å². The van der Waals surface area contributed by atoms with Gasteiger partial charge < -0.3 is 5.32 Å². The van der Waals surface area contributed by atoms with Crippen molar-refractivity contribution in [3.8, 4) is 0 Å². The van der Waals surface area contributed by atoms with Gasteiger partial charge in [-0.2, -0.15) is 0 Å². The molecule has 2 aromatic carbocycles. The van der Waals surface area contributed by atoms with Crippen LogP contribution in [0.1, 0.15) is 69.7 Å². The molecule has 1 N–H and O–H groups in total. The number of carbonyl (C=O) groups excluding carboxylic acids is 1. The van der Waals surface area contributed by atoms with Crippen LogP contribution >= 0.6 is 0 Å². The first-order chi connectivity index (χ1) is 15.6. The second-order valence-corrected chi connectivity index (χ2v) is 12.3. The monoisotopic (exact) mass is 470 g/mol. The Hall–Kier alpha value is -2.18. The minimum atomic E-state index is -3.37. The number of rotatable bonds is 8. The molecule has 0 bridgehead atoms. The van der Waals surface area contributed by atoms with Crippen LogP contribution in [0.5, 0.6) is 0 Å². The lowest BCUT2D eigenvalue weighted by molar-refractivity contribution is -0.126. The van der Waals surface area contributed by atoms with E-state index >= 15 is 0 Å². The zero-order valence-electron chi connectivity index (χ0n) is 20.4. The van der Waals surface area contributed by atoms with Gasteiger partial charge in [-0.1, -0.05) is 75.4 Å². The molecule has 1 amide bonds. The molecule has 1 heterocycles. The summed E-state index contributed by atoms with van der Waals surface area (Å²) in [4.78, 5) is 12.9. The van der Waals surface area contributed by atoms with Gasteiger partial charge >= 0.3 is 0 Å². The average Bonchev–Trinajstić information content (AvgIpc) is 2.79. The summed E-state index contributed by atoms with van der Waals surface area (Å²) in [7, 11) is -3.37. The molecule has 180 valence electrons. The Morgan fingerprint density at radius 1 is 1.09 bits per heavy atom. The maximum absolute atomic E-state index is 12.9. The molecule has 1 fully saturated rings. The van der Waals surface area contributed by atoms with E-state index in [1.54, 1.807) is 0 Å². The van der Waals surface area contributed by atoms with Crippen molar-refractivity contribution in [2.75, 3.05) is 18.8 Å². The molecule has 3 rings (SSSR count). The summed E-state index contributed by atoms with van der Waals surface area (Å²) in [6.45, 7) is 9.29. The molecular weight excluding hydrogens is 432 g/mol. The van der Waals surface area contributed by atoms with Crippen LogP contribution in [0, 0.1) is 5.92 Å². The summed E-state index contributed by atoms with van der Waals surface area (Å²) in [5, 5.41) is 3.10. The van der Waals surface area contributed by atoms with Crippen LogP contribution in [0.3, 0.4) is 0 Å². The Morgan fingerprint density at radius 3 is 2.39 bits per heavy atom. The van der Waals surface area contributed by atoms with Crippen LogP contribution in [0.25, 0.3) is 0 Å². The molecule has 0 radical (unpaired) electrons. The topological polar surface area (TPSA) is 66.5 Å². The molecule has 2 atom stereocenters. The Labute approximate surface area is 199 Å². The van der Waals surface area contributed by atoms with Gasteiger partial charge in [0.25, 0.3) is 0 Å². The number of amides is 1. The third kappa shape index (κ3) is 7.15. The van der Waals surface area contributed by atoms with E-state index in [0.29, 0.717) is 19.4 Å². The molecule has 0 saturated carbocycles. The highest BCUT2D eigenvalue weighted by Crippen LogP contribution is 2.25. The van der Waals surface area contributed by atoms with E-state index in [2.05, 4.69) is 50.4 Å². The minimum Gasteiger partial charge on any atom is -0.349 e. The quantitative estimate of drug-likeness (QED) is 0.601. The van der Waals surface area contributed by atoms with Gasteiger partial charge in [0.15, 0.2) is 0 Å². The normalized spacial score (nSPS) is 18.6. The van der Waals surface area contributed by atoms with Crippen molar-refractivity contribution in [2.24, 2.45) is 5.92 Å². The fourth-order valence-electron chi connectivity index (χ4n) is 4.33. The van der Waals surface area contributed by atoms with E-state index in [0.717, 1.165) is 24.0 Å². The van der Waals surface area contributed by atoms with Crippen LogP contribution in [0.4, 0.5) is 0 Å². The van der Waals surface area contributed by atoms with E-state index < -0.39 is 10.0 Å². The van der Waals surface area contributed by atoms with Crippen LogP contribution in [-0.4, -0.2) is 37.5 Å². The molecule has 0 unspecified atom stereocenters. The third-order valence-corrected chi connectivity index (χ3v) is 8.42. The van der Waals surface area contributed by atoms with Crippen molar-refractivity contribution >= 4 is 15.9 Å². The van der Waals surface area contributed by atoms with Crippen LogP contribution in [0.15, 0.2) is 54.6 Å². The van der Waals surface area contributed by atoms with Gasteiger partial charge in [-0.15, -0.1) is 0 Å². The number of benzene rings is 2. The summed E-state index contributed by atoms with van der Waals surface area (Å²) < 4.78 is 27.3. The highest BCUT2D eigenvalue weighted by Gasteiger charge is 2.32. The minimum absolute atomic E-state index is 0.0633. The maximum Gasteiger partial charge on any atom is 0.224 e. The lowest BCUT2D eigenvalue weighted by Gasteiger charge is -2.32. The highest BCUT2D eigenvalue weighted by atomic mass is 32.2. The number of aryl methyl sites for hydroxylation is 1. The summed E-state index contributed by atoms with van der Waals surface area (Å²) in [6, 6.07) is 18.2. The van der Waals surface area contributed by atoms with Gasteiger partial charge in [0.1, 0.15) is 0 Å². The molecule has 1 aliphatic heterocycles. The van der Waals surface area contributed by atoms with Crippen molar-refractivity contribution in [2.45, 2.75) is 64.8 Å². The van der Waals surface area contributed by atoms with Crippen LogP contribution < -0.4 is 5.32 Å². The average molecular weight is 471 g/mol. The zero-order chi connectivity index (χ0) is 24.1. The molecule has 0 spiro atoms. The van der Waals surface area contributed by atoms with E-state index in [4.69, 9.17) is 0 Å². The SMILES string of the molecule is C[C@@H](NC(=O)[C@@H]1CCCN(S(=O)(=O)CCCc2ccccc2)C1)c1ccc(C(C)(C)C)cc1. The van der Waals surface area contributed by atoms with E-state index in [-0.39, 0.29) is 35.6 Å². The first-order valence-corrected chi connectivity index (χ1v) is 13.6. The van der Waals surface area contributed by atoms with Gasteiger partial charge in [0.05, 0.1) is 17.7 Å². The predicted octanol–water partition coefficient (Wildman–Crippen LogP) is 4.84. The summed E-state index contributed by atoms with van der Waals surface area (Å²) in [5.74, 6) is -0.252. The Balaban J connectivity index is 1.53. The van der Waals surface area contributed by atoms with Crippen molar-refractivity contribution in [1.29, 1.82) is 0 Å². The summed E-state index contributed by atoms with van der Waals surface area (Å²) >= 11 is 0. The Kier molecular flexibility index (Phi) is 8.35. The second kappa shape index (κ2) is 10.8. The smallest absolute Gasteiger partial charge is 0.224 e. The molecule has 1 aliphatic rings. The zero-order valence-corrected chi connectivity index (χ0v) is 21.2. The van der Waals surface area contributed by atoms with Gasteiger partial charge in [0.2, 0.25) is 15.9 Å². The van der Waals surface area contributed by atoms with E-state index in [1.165, 1.54) is 9.87 Å². The van der Waals surface area contributed by atoms with Gasteiger partial charge in [0, 0.05) is 13.1 Å². The molecule has 33 heavy (non-hydrogen) atoms. The fraction of sp³-hybridized carbons (Fsp3) is 0.519. The molecule has 5 nitrogen and oxygen atoms in total. The number of carbonyl (C=O) groups is 1. The number of piperidine rings is 1.